The third-order valence-corrected chi connectivity index (χ3v) is 3.31. The third kappa shape index (κ3) is 1.59. The number of carbonyl (C=O) groups is 1. The van der Waals surface area contributed by atoms with Gasteiger partial charge in [0.15, 0.2) is 0 Å². The Kier molecular flexibility index (Phi) is 2.39. The number of aliphatic carboxylic acids is 1. The molecule has 3 nitrogen and oxygen atoms in total. The summed E-state index contributed by atoms with van der Waals surface area (Å²) in [4.78, 5) is 10.7. The average Bonchev–Trinajstić information content (AvgIpc) is 2.44. The predicted molar refractivity (Wildman–Crippen MR) is 54.2 cm³/mol. The highest BCUT2D eigenvalue weighted by atomic mass is 79.9. The Hall–Kier alpha value is -0.770. The van der Waals surface area contributed by atoms with Gasteiger partial charge in [-0.25, -0.2) is 0 Å². The van der Waals surface area contributed by atoms with E-state index in [1.807, 2.05) is 6.07 Å². The van der Waals surface area contributed by atoms with Crippen molar-refractivity contribution in [3.8, 4) is 0 Å². The first-order chi connectivity index (χ1) is 6.62. The van der Waals surface area contributed by atoms with Crippen LogP contribution in [0.2, 0.25) is 0 Å². The van der Waals surface area contributed by atoms with Crippen LogP contribution in [0.15, 0.2) is 21.2 Å². The van der Waals surface area contributed by atoms with Gasteiger partial charge in [0, 0.05) is 5.41 Å². The summed E-state index contributed by atoms with van der Waals surface area (Å²) in [5.41, 5.74) is -0.238. The lowest BCUT2D eigenvalue weighted by atomic mass is 9.65. The van der Waals surface area contributed by atoms with E-state index >= 15 is 0 Å². The van der Waals surface area contributed by atoms with Crippen LogP contribution in [0, 0.1) is 0 Å². The van der Waals surface area contributed by atoms with Crippen LogP contribution in [0.4, 0.5) is 0 Å². The molecule has 0 amide bonds. The van der Waals surface area contributed by atoms with Gasteiger partial charge in [0.05, 0.1) is 10.9 Å². The second-order valence-electron chi connectivity index (χ2n) is 3.83. The second-order valence-corrected chi connectivity index (χ2v) is 4.75. The quantitative estimate of drug-likeness (QED) is 0.907. The van der Waals surface area contributed by atoms with Gasteiger partial charge in [-0.3, -0.25) is 4.79 Å². The van der Waals surface area contributed by atoms with Gasteiger partial charge >= 0.3 is 5.97 Å². The summed E-state index contributed by atoms with van der Waals surface area (Å²) in [5, 5.41) is 8.83. The molecule has 76 valence electrons. The normalized spacial score (nSPS) is 18.9. The fourth-order valence-corrected chi connectivity index (χ4v) is 2.30. The summed E-state index contributed by atoms with van der Waals surface area (Å²) in [6.45, 7) is 0. The first-order valence-electron chi connectivity index (χ1n) is 4.59. The molecule has 1 aliphatic carbocycles. The van der Waals surface area contributed by atoms with E-state index in [1.54, 1.807) is 6.26 Å². The smallest absolute Gasteiger partial charge is 0.304 e. The van der Waals surface area contributed by atoms with Crippen molar-refractivity contribution in [2.45, 2.75) is 31.1 Å². The van der Waals surface area contributed by atoms with Gasteiger partial charge in [-0.15, -0.1) is 0 Å². The lowest BCUT2D eigenvalue weighted by molar-refractivity contribution is -0.139. The minimum atomic E-state index is -0.753. The number of furan rings is 1. The first-order valence-corrected chi connectivity index (χ1v) is 5.38. The van der Waals surface area contributed by atoms with Gasteiger partial charge < -0.3 is 9.52 Å². The molecule has 0 atom stereocenters. The lowest BCUT2D eigenvalue weighted by Gasteiger charge is -2.38. The molecule has 1 fully saturated rings. The van der Waals surface area contributed by atoms with E-state index in [9.17, 15) is 4.79 Å². The standard InChI is InChI=1S/C10H11BrO3/c11-7-4-8(14-6-7)10(2-1-3-10)5-9(12)13/h4,6H,1-3,5H2,(H,12,13). The van der Waals surface area contributed by atoms with Crippen molar-refractivity contribution in [3.63, 3.8) is 0 Å². The van der Waals surface area contributed by atoms with Gasteiger partial charge in [-0.1, -0.05) is 6.42 Å². The SMILES string of the molecule is O=C(O)CC1(c2cc(Br)co2)CCC1. The Morgan fingerprint density at radius 3 is 2.71 bits per heavy atom. The maximum absolute atomic E-state index is 10.7. The van der Waals surface area contributed by atoms with Gasteiger partial charge in [0.1, 0.15) is 12.0 Å². The molecule has 0 bridgehead atoms. The van der Waals surface area contributed by atoms with E-state index in [4.69, 9.17) is 9.52 Å². The fraction of sp³-hybridized carbons (Fsp3) is 0.500. The molecule has 1 aromatic heterocycles. The summed E-state index contributed by atoms with van der Waals surface area (Å²) < 4.78 is 6.24. The van der Waals surface area contributed by atoms with E-state index in [2.05, 4.69) is 15.9 Å². The molecule has 4 heteroatoms. The Morgan fingerprint density at radius 1 is 1.64 bits per heavy atom. The van der Waals surface area contributed by atoms with E-state index in [-0.39, 0.29) is 11.8 Å². The molecule has 0 radical (unpaired) electrons. The number of rotatable bonds is 3. The first kappa shape index (κ1) is 9.77. The number of carboxylic acid groups (broad SMARTS) is 1. The summed E-state index contributed by atoms with van der Waals surface area (Å²) in [6, 6.07) is 1.88. The molecular formula is C10H11BrO3. The maximum Gasteiger partial charge on any atom is 0.304 e. The van der Waals surface area contributed by atoms with Crippen molar-refractivity contribution in [1.82, 2.24) is 0 Å². The molecule has 1 N–H and O–H groups in total. The number of carboxylic acids is 1. The van der Waals surface area contributed by atoms with Crippen LogP contribution in [0.1, 0.15) is 31.4 Å². The molecule has 0 unspecified atom stereocenters. The number of halogens is 1. The monoisotopic (exact) mass is 258 g/mol. The van der Waals surface area contributed by atoms with Gasteiger partial charge in [-0.2, -0.15) is 0 Å². The van der Waals surface area contributed by atoms with Crippen LogP contribution in [0.5, 0.6) is 0 Å². The predicted octanol–water partition coefficient (Wildman–Crippen LogP) is 2.94. The summed E-state index contributed by atoms with van der Waals surface area (Å²) in [5.74, 6) is 0.0512. The van der Waals surface area contributed by atoms with E-state index in [1.165, 1.54) is 0 Å². The Morgan fingerprint density at radius 2 is 2.36 bits per heavy atom. The molecule has 0 aliphatic heterocycles. The van der Waals surface area contributed by atoms with Crippen LogP contribution in [0.3, 0.4) is 0 Å². The lowest BCUT2D eigenvalue weighted by Crippen LogP contribution is -2.36. The van der Waals surface area contributed by atoms with E-state index < -0.39 is 5.97 Å². The molecule has 1 aromatic rings. The average molecular weight is 259 g/mol. The molecule has 0 aromatic carbocycles. The highest BCUT2D eigenvalue weighted by Gasteiger charge is 2.43. The van der Waals surface area contributed by atoms with Crippen molar-refractivity contribution in [1.29, 1.82) is 0 Å². The second kappa shape index (κ2) is 3.42. The van der Waals surface area contributed by atoms with Crippen LogP contribution in [0.25, 0.3) is 0 Å². The molecule has 1 saturated carbocycles. The van der Waals surface area contributed by atoms with E-state index in [0.717, 1.165) is 29.5 Å². The van der Waals surface area contributed by atoms with Crippen LogP contribution >= 0.6 is 15.9 Å². The zero-order valence-electron chi connectivity index (χ0n) is 7.62. The highest BCUT2D eigenvalue weighted by molar-refractivity contribution is 9.10. The zero-order valence-corrected chi connectivity index (χ0v) is 9.21. The molecule has 2 rings (SSSR count). The minimum absolute atomic E-state index is 0.174. The minimum Gasteiger partial charge on any atom is -0.481 e. The van der Waals surface area contributed by atoms with Gasteiger partial charge in [0.25, 0.3) is 0 Å². The molecule has 1 aliphatic rings. The van der Waals surface area contributed by atoms with Crippen LogP contribution in [-0.2, 0) is 10.2 Å². The highest BCUT2D eigenvalue weighted by Crippen LogP contribution is 2.47. The molecule has 1 heterocycles. The topological polar surface area (TPSA) is 50.4 Å². The summed E-state index contributed by atoms with van der Waals surface area (Å²) in [7, 11) is 0. The van der Waals surface area contributed by atoms with Crippen molar-refractivity contribution in [3.05, 3.63) is 22.6 Å². The number of hydrogen-bond donors (Lipinski definition) is 1. The molecular weight excluding hydrogens is 248 g/mol. The largest absolute Gasteiger partial charge is 0.481 e. The Labute approximate surface area is 90.2 Å². The molecule has 14 heavy (non-hydrogen) atoms. The van der Waals surface area contributed by atoms with E-state index in [0.29, 0.717) is 0 Å². The Bertz CT molecular complexity index is 352. The zero-order chi connectivity index (χ0) is 10.2. The van der Waals surface area contributed by atoms with Crippen molar-refractivity contribution in [2.75, 3.05) is 0 Å². The fourth-order valence-electron chi connectivity index (χ4n) is 1.99. The number of hydrogen-bond acceptors (Lipinski definition) is 2. The molecule has 0 saturated heterocycles. The van der Waals surface area contributed by atoms with Gasteiger partial charge in [0.2, 0.25) is 0 Å². The van der Waals surface area contributed by atoms with Crippen molar-refractivity contribution in [2.24, 2.45) is 0 Å². The Balaban J connectivity index is 2.24. The summed E-state index contributed by atoms with van der Waals surface area (Å²) in [6.07, 6.45) is 4.70. The van der Waals surface area contributed by atoms with Gasteiger partial charge in [-0.05, 0) is 34.8 Å². The van der Waals surface area contributed by atoms with Crippen LogP contribution in [-0.4, -0.2) is 11.1 Å². The molecule has 0 spiro atoms. The van der Waals surface area contributed by atoms with Crippen molar-refractivity contribution < 1.29 is 14.3 Å². The van der Waals surface area contributed by atoms with Crippen molar-refractivity contribution >= 4 is 21.9 Å². The summed E-state index contributed by atoms with van der Waals surface area (Å²) >= 11 is 3.30. The van der Waals surface area contributed by atoms with Crippen LogP contribution < -0.4 is 0 Å². The third-order valence-electron chi connectivity index (χ3n) is 2.89. The maximum atomic E-state index is 10.7.